The van der Waals surface area contributed by atoms with Gasteiger partial charge in [-0.3, -0.25) is 4.90 Å². The summed E-state index contributed by atoms with van der Waals surface area (Å²) in [4.78, 5) is 7.12. The van der Waals surface area contributed by atoms with Crippen molar-refractivity contribution < 1.29 is 4.42 Å². The highest BCUT2D eigenvalue weighted by Crippen LogP contribution is 2.26. The Hall–Kier alpha value is -0.590. The normalized spacial score (nSPS) is 18.8. The predicted molar refractivity (Wildman–Crippen MR) is 91.4 cm³/mol. The second kappa shape index (κ2) is 8.76. The molecule has 3 rings (SSSR count). The summed E-state index contributed by atoms with van der Waals surface area (Å²) in [7, 11) is 0. The van der Waals surface area contributed by atoms with Crippen LogP contribution >= 0.6 is 36.2 Å². The molecule has 0 saturated carbocycles. The van der Waals surface area contributed by atoms with E-state index < -0.39 is 0 Å². The van der Waals surface area contributed by atoms with Crippen molar-refractivity contribution in [3.8, 4) is 10.8 Å². The van der Waals surface area contributed by atoms with E-state index in [2.05, 4.69) is 15.3 Å². The van der Waals surface area contributed by atoms with Crippen LogP contribution in [0.1, 0.15) is 25.0 Å². The van der Waals surface area contributed by atoms with E-state index in [4.69, 9.17) is 10.2 Å². The van der Waals surface area contributed by atoms with Gasteiger partial charge in [-0.2, -0.15) is 0 Å². The van der Waals surface area contributed by atoms with E-state index in [9.17, 15) is 0 Å². The molecule has 1 fully saturated rings. The molecular formula is C14H21Cl2N3OS. The second-order valence-corrected chi connectivity index (χ2v) is 5.84. The molecule has 3 heterocycles. The summed E-state index contributed by atoms with van der Waals surface area (Å²) in [5, 5.41) is 3.08. The number of halogens is 2. The van der Waals surface area contributed by atoms with E-state index in [-0.39, 0.29) is 24.8 Å². The Morgan fingerprint density at radius 2 is 2.24 bits per heavy atom. The van der Waals surface area contributed by atoms with E-state index in [1.807, 2.05) is 12.1 Å². The Bertz CT molecular complexity index is 518. The van der Waals surface area contributed by atoms with Crippen LogP contribution in [0.5, 0.6) is 0 Å². The van der Waals surface area contributed by atoms with Gasteiger partial charge in [-0.15, -0.1) is 36.2 Å². The quantitative estimate of drug-likeness (QED) is 0.916. The molecule has 21 heavy (non-hydrogen) atoms. The van der Waals surface area contributed by atoms with Crippen LogP contribution in [-0.4, -0.2) is 29.0 Å². The number of aromatic nitrogens is 1. The van der Waals surface area contributed by atoms with Gasteiger partial charge < -0.3 is 10.2 Å². The molecular weight excluding hydrogens is 329 g/mol. The number of hydrogen-bond donors (Lipinski definition) is 1. The number of furan rings is 1. The van der Waals surface area contributed by atoms with E-state index in [0.29, 0.717) is 6.04 Å². The Labute approximate surface area is 141 Å². The molecule has 2 aromatic rings. The SMILES string of the molecule is Cl.Cl.NCC1CCCCN1Cc1csc(-c2ccco2)n1. The Kier molecular flexibility index (Phi) is 7.70. The van der Waals surface area contributed by atoms with Gasteiger partial charge in [0.25, 0.3) is 0 Å². The highest BCUT2D eigenvalue weighted by atomic mass is 35.5. The maximum absolute atomic E-state index is 5.86. The van der Waals surface area contributed by atoms with Crippen LogP contribution in [0, 0.1) is 0 Å². The smallest absolute Gasteiger partial charge is 0.162 e. The molecule has 2 aromatic heterocycles. The van der Waals surface area contributed by atoms with E-state index >= 15 is 0 Å². The third-order valence-corrected chi connectivity index (χ3v) is 4.58. The Morgan fingerprint density at radius 1 is 1.38 bits per heavy atom. The van der Waals surface area contributed by atoms with E-state index in [1.165, 1.54) is 19.3 Å². The lowest BCUT2D eigenvalue weighted by Gasteiger charge is -2.34. The van der Waals surface area contributed by atoms with Crippen LogP contribution in [0.15, 0.2) is 28.2 Å². The number of hydrogen-bond acceptors (Lipinski definition) is 5. The molecule has 7 heteroatoms. The second-order valence-electron chi connectivity index (χ2n) is 4.98. The topological polar surface area (TPSA) is 55.3 Å². The van der Waals surface area contributed by atoms with E-state index in [1.54, 1.807) is 17.6 Å². The minimum atomic E-state index is 0. The first-order valence-electron chi connectivity index (χ1n) is 6.79. The maximum Gasteiger partial charge on any atom is 0.162 e. The third-order valence-electron chi connectivity index (χ3n) is 3.67. The molecule has 4 nitrogen and oxygen atoms in total. The summed E-state index contributed by atoms with van der Waals surface area (Å²) in [6, 6.07) is 4.36. The van der Waals surface area contributed by atoms with Gasteiger partial charge in [0.2, 0.25) is 0 Å². The minimum absolute atomic E-state index is 0. The number of rotatable bonds is 4. The number of nitrogens with zero attached hydrogens (tertiary/aromatic N) is 2. The summed E-state index contributed by atoms with van der Waals surface area (Å²) < 4.78 is 5.38. The number of nitrogens with two attached hydrogens (primary N) is 1. The summed E-state index contributed by atoms with van der Waals surface area (Å²) in [5.41, 5.74) is 6.98. The molecule has 1 atom stereocenters. The molecule has 1 unspecified atom stereocenters. The van der Waals surface area contributed by atoms with Crippen molar-refractivity contribution in [1.82, 2.24) is 9.88 Å². The zero-order chi connectivity index (χ0) is 13.1. The zero-order valence-corrected chi connectivity index (χ0v) is 14.2. The molecule has 1 aliphatic heterocycles. The third kappa shape index (κ3) is 4.44. The molecule has 0 bridgehead atoms. The molecule has 1 saturated heterocycles. The van der Waals surface area contributed by atoms with Crippen molar-refractivity contribution in [1.29, 1.82) is 0 Å². The van der Waals surface area contributed by atoms with Gasteiger partial charge >= 0.3 is 0 Å². The van der Waals surface area contributed by atoms with Gasteiger partial charge in [0.05, 0.1) is 12.0 Å². The van der Waals surface area contributed by atoms with Gasteiger partial charge in [0, 0.05) is 24.5 Å². The number of thiazole rings is 1. The lowest BCUT2D eigenvalue weighted by atomic mass is 10.0. The summed E-state index contributed by atoms with van der Waals surface area (Å²) in [6.07, 6.45) is 5.47. The average Bonchev–Trinajstić information content (AvgIpc) is 3.09. The molecule has 2 N–H and O–H groups in total. The van der Waals surface area contributed by atoms with Gasteiger partial charge in [-0.25, -0.2) is 4.98 Å². The molecule has 118 valence electrons. The first-order valence-corrected chi connectivity index (χ1v) is 7.67. The van der Waals surface area contributed by atoms with Crippen molar-refractivity contribution in [2.24, 2.45) is 5.73 Å². The fourth-order valence-electron chi connectivity index (χ4n) is 2.64. The molecule has 0 radical (unpaired) electrons. The minimum Gasteiger partial charge on any atom is -0.462 e. The average molecular weight is 350 g/mol. The summed E-state index contributed by atoms with van der Waals surface area (Å²) >= 11 is 1.64. The van der Waals surface area contributed by atoms with Crippen molar-refractivity contribution in [3.05, 3.63) is 29.5 Å². The van der Waals surface area contributed by atoms with E-state index in [0.717, 1.165) is 36.1 Å². The number of likely N-dealkylation sites (tertiary alicyclic amines) is 1. The molecule has 1 aliphatic rings. The standard InChI is InChI=1S/C14H19N3OS.2ClH/c15-8-12-4-1-2-6-17(12)9-11-10-19-14(16-11)13-5-3-7-18-13;;/h3,5,7,10,12H,1-2,4,6,8-9,15H2;2*1H. The fraction of sp³-hybridized carbons (Fsp3) is 0.500. The zero-order valence-electron chi connectivity index (χ0n) is 11.7. The summed E-state index contributed by atoms with van der Waals surface area (Å²) in [6.45, 7) is 2.78. The highest BCUT2D eigenvalue weighted by Gasteiger charge is 2.22. The first-order chi connectivity index (χ1) is 9.36. The molecule has 0 amide bonds. The molecule has 0 aliphatic carbocycles. The van der Waals surface area contributed by atoms with Crippen molar-refractivity contribution in [3.63, 3.8) is 0 Å². The lowest BCUT2D eigenvalue weighted by Crippen LogP contribution is -2.43. The first kappa shape index (κ1) is 18.5. The lowest BCUT2D eigenvalue weighted by molar-refractivity contribution is 0.143. The molecule has 0 spiro atoms. The van der Waals surface area contributed by atoms with Crippen LogP contribution in [0.2, 0.25) is 0 Å². The Morgan fingerprint density at radius 3 is 2.95 bits per heavy atom. The van der Waals surface area contributed by atoms with Crippen LogP contribution in [0.3, 0.4) is 0 Å². The van der Waals surface area contributed by atoms with Crippen molar-refractivity contribution >= 4 is 36.2 Å². The molecule has 0 aromatic carbocycles. The van der Waals surface area contributed by atoms with Crippen molar-refractivity contribution in [2.45, 2.75) is 31.8 Å². The predicted octanol–water partition coefficient (Wildman–Crippen LogP) is 3.56. The van der Waals surface area contributed by atoms with Gasteiger partial charge in [-0.05, 0) is 31.5 Å². The van der Waals surface area contributed by atoms with Crippen molar-refractivity contribution in [2.75, 3.05) is 13.1 Å². The highest BCUT2D eigenvalue weighted by molar-refractivity contribution is 7.13. The van der Waals surface area contributed by atoms with Gasteiger partial charge in [0.15, 0.2) is 10.8 Å². The van der Waals surface area contributed by atoms with Crippen LogP contribution in [0.25, 0.3) is 10.8 Å². The summed E-state index contributed by atoms with van der Waals surface area (Å²) in [5.74, 6) is 0.852. The van der Waals surface area contributed by atoms with Crippen LogP contribution < -0.4 is 5.73 Å². The van der Waals surface area contributed by atoms with Gasteiger partial charge in [0.1, 0.15) is 0 Å². The van der Waals surface area contributed by atoms with Crippen LogP contribution in [0.4, 0.5) is 0 Å². The monoisotopic (exact) mass is 349 g/mol. The van der Waals surface area contributed by atoms with Crippen LogP contribution in [-0.2, 0) is 6.54 Å². The van der Waals surface area contributed by atoms with Gasteiger partial charge in [-0.1, -0.05) is 6.42 Å². The Balaban J connectivity index is 0.00000110. The fourth-order valence-corrected chi connectivity index (χ4v) is 3.41. The number of piperidine rings is 1. The largest absolute Gasteiger partial charge is 0.462 e. The maximum atomic E-state index is 5.86.